The molecule has 0 aliphatic heterocycles. The molecule has 1 rings (SSSR count). The topological polar surface area (TPSA) is 75.8 Å². The Balaban J connectivity index is 3.25. The molecule has 0 bridgehead atoms. The molecule has 106 valence electrons. The predicted octanol–water partition coefficient (Wildman–Crippen LogP) is 0.903. The summed E-state index contributed by atoms with van der Waals surface area (Å²) in [5.74, 6) is 0.413. The number of aliphatic hydroxyl groups is 1. The van der Waals surface area contributed by atoms with E-state index in [2.05, 4.69) is 0 Å². The Bertz CT molecular complexity index is 486. The van der Waals surface area contributed by atoms with Crippen LogP contribution in [0.1, 0.15) is 16.7 Å². The van der Waals surface area contributed by atoms with Crippen LogP contribution in [0.3, 0.4) is 0 Å². The van der Waals surface area contributed by atoms with Crippen LogP contribution in [0.5, 0.6) is 5.75 Å². The molecular formula is C14H22N2O3. The zero-order valence-electron chi connectivity index (χ0n) is 12.2. The largest absolute Gasteiger partial charge is 0.496 e. The van der Waals surface area contributed by atoms with Crippen molar-refractivity contribution in [3.8, 4) is 5.75 Å². The van der Waals surface area contributed by atoms with Gasteiger partial charge in [-0.1, -0.05) is 0 Å². The molecule has 0 heterocycles. The number of carbonyl (C=O) groups excluding carboxylic acids is 1. The zero-order valence-corrected chi connectivity index (χ0v) is 12.2. The summed E-state index contributed by atoms with van der Waals surface area (Å²) in [7, 11) is 3.26. The fourth-order valence-electron chi connectivity index (χ4n) is 2.14. The average Bonchev–Trinajstić information content (AvgIpc) is 2.40. The minimum absolute atomic E-state index is 0.0870. The number of benzene rings is 1. The summed E-state index contributed by atoms with van der Waals surface area (Å²) >= 11 is 0. The van der Waals surface area contributed by atoms with E-state index in [1.807, 2.05) is 26.8 Å². The highest BCUT2D eigenvalue weighted by Crippen LogP contribution is 2.33. The first kappa shape index (κ1) is 15.5. The lowest BCUT2D eigenvalue weighted by atomic mass is 10.0. The minimum atomic E-state index is -1.17. The molecule has 0 aromatic heterocycles. The predicted molar refractivity (Wildman–Crippen MR) is 75.7 cm³/mol. The van der Waals surface area contributed by atoms with Gasteiger partial charge in [-0.2, -0.15) is 0 Å². The molecule has 0 saturated heterocycles. The number of hydrogen-bond acceptors (Lipinski definition) is 4. The van der Waals surface area contributed by atoms with Crippen molar-refractivity contribution in [3.63, 3.8) is 0 Å². The molecule has 0 fully saturated rings. The number of ether oxygens (including phenoxy) is 1. The van der Waals surface area contributed by atoms with Gasteiger partial charge in [0.1, 0.15) is 11.9 Å². The molecule has 3 N–H and O–H groups in total. The monoisotopic (exact) mass is 266 g/mol. The number of nitrogens with two attached hydrogens (primary N) is 1. The molecule has 5 heteroatoms. The van der Waals surface area contributed by atoms with Crippen LogP contribution in [0, 0.1) is 20.8 Å². The lowest BCUT2D eigenvalue weighted by molar-refractivity contribution is -0.125. The zero-order chi connectivity index (χ0) is 14.7. The Morgan fingerprint density at radius 1 is 1.42 bits per heavy atom. The third-order valence-corrected chi connectivity index (χ3v) is 3.40. The van der Waals surface area contributed by atoms with E-state index in [1.165, 1.54) is 4.90 Å². The number of aliphatic hydroxyl groups excluding tert-OH is 1. The number of likely N-dealkylation sites (N-methyl/N-ethyl adjacent to an activating group) is 1. The fraction of sp³-hybridized carbons (Fsp3) is 0.500. The summed E-state index contributed by atoms with van der Waals surface area (Å²) in [5.41, 5.74) is 8.95. The standard InChI is InChI=1S/C14H22N2O3/c1-8-6-11(9(2)10(3)13(8)19-5)16(4)14(18)12(17)7-15/h6,12,17H,7,15H2,1-5H3. The SMILES string of the molecule is COc1c(C)cc(N(C)C(=O)C(O)CN)c(C)c1C. The van der Waals surface area contributed by atoms with E-state index >= 15 is 0 Å². The van der Waals surface area contributed by atoms with Gasteiger partial charge >= 0.3 is 0 Å². The van der Waals surface area contributed by atoms with Crippen LogP contribution >= 0.6 is 0 Å². The van der Waals surface area contributed by atoms with Gasteiger partial charge in [-0.05, 0) is 43.5 Å². The van der Waals surface area contributed by atoms with Gasteiger partial charge in [0, 0.05) is 19.3 Å². The second kappa shape index (κ2) is 6.04. The molecular weight excluding hydrogens is 244 g/mol. The Hall–Kier alpha value is -1.59. The van der Waals surface area contributed by atoms with Crippen molar-refractivity contribution in [1.82, 2.24) is 0 Å². The van der Waals surface area contributed by atoms with E-state index in [4.69, 9.17) is 10.5 Å². The van der Waals surface area contributed by atoms with Crippen molar-refractivity contribution in [1.29, 1.82) is 0 Å². The van der Waals surface area contributed by atoms with E-state index in [0.29, 0.717) is 0 Å². The van der Waals surface area contributed by atoms with Crippen LogP contribution < -0.4 is 15.4 Å². The molecule has 0 aliphatic rings. The molecule has 0 spiro atoms. The third-order valence-electron chi connectivity index (χ3n) is 3.40. The van der Waals surface area contributed by atoms with Gasteiger partial charge in [0.15, 0.2) is 0 Å². The maximum absolute atomic E-state index is 12.0. The van der Waals surface area contributed by atoms with Crippen molar-refractivity contribution in [2.45, 2.75) is 26.9 Å². The molecule has 1 aromatic rings. The summed E-state index contributed by atoms with van der Waals surface area (Å²) in [6, 6.07) is 1.88. The molecule has 0 saturated carbocycles. The first-order valence-corrected chi connectivity index (χ1v) is 6.15. The number of methoxy groups -OCH3 is 1. The smallest absolute Gasteiger partial charge is 0.256 e. The van der Waals surface area contributed by atoms with Crippen LogP contribution in [0.15, 0.2) is 6.07 Å². The van der Waals surface area contributed by atoms with Crippen molar-refractivity contribution >= 4 is 11.6 Å². The summed E-state index contributed by atoms with van der Waals surface area (Å²) in [6.45, 7) is 5.70. The number of rotatable bonds is 4. The molecule has 0 radical (unpaired) electrons. The van der Waals surface area contributed by atoms with Crippen molar-refractivity contribution in [2.24, 2.45) is 5.73 Å². The van der Waals surface area contributed by atoms with Crippen LogP contribution in [0.25, 0.3) is 0 Å². The van der Waals surface area contributed by atoms with Crippen LogP contribution in [0.2, 0.25) is 0 Å². The summed E-state index contributed by atoms with van der Waals surface area (Å²) in [4.78, 5) is 13.4. The van der Waals surface area contributed by atoms with Crippen LogP contribution in [-0.4, -0.2) is 37.8 Å². The van der Waals surface area contributed by atoms with E-state index in [1.54, 1.807) is 14.2 Å². The molecule has 19 heavy (non-hydrogen) atoms. The Kier molecular flexibility index (Phi) is 4.91. The Morgan fingerprint density at radius 2 is 2.00 bits per heavy atom. The van der Waals surface area contributed by atoms with Crippen LogP contribution in [0.4, 0.5) is 5.69 Å². The number of anilines is 1. The first-order valence-electron chi connectivity index (χ1n) is 6.15. The Labute approximate surface area is 114 Å². The number of carbonyl (C=O) groups is 1. The van der Waals surface area contributed by atoms with E-state index in [9.17, 15) is 9.90 Å². The Morgan fingerprint density at radius 3 is 2.47 bits per heavy atom. The highest BCUT2D eigenvalue weighted by atomic mass is 16.5. The summed E-state index contributed by atoms with van der Waals surface area (Å²) in [5, 5.41) is 9.55. The number of hydrogen-bond donors (Lipinski definition) is 2. The van der Waals surface area contributed by atoms with Gasteiger partial charge in [0.2, 0.25) is 0 Å². The number of amides is 1. The highest BCUT2D eigenvalue weighted by molar-refractivity contribution is 5.97. The molecule has 0 aliphatic carbocycles. The second-order valence-electron chi connectivity index (χ2n) is 4.64. The lowest BCUT2D eigenvalue weighted by Crippen LogP contribution is -2.40. The normalized spacial score (nSPS) is 12.2. The highest BCUT2D eigenvalue weighted by Gasteiger charge is 2.22. The van der Waals surface area contributed by atoms with E-state index in [-0.39, 0.29) is 6.54 Å². The van der Waals surface area contributed by atoms with Gasteiger partial charge in [-0.15, -0.1) is 0 Å². The number of aryl methyl sites for hydroxylation is 1. The van der Waals surface area contributed by atoms with E-state index in [0.717, 1.165) is 28.1 Å². The van der Waals surface area contributed by atoms with E-state index < -0.39 is 12.0 Å². The third kappa shape index (κ3) is 2.88. The van der Waals surface area contributed by atoms with Gasteiger partial charge in [0.05, 0.1) is 7.11 Å². The quantitative estimate of drug-likeness (QED) is 0.849. The maximum atomic E-state index is 12.0. The van der Waals surface area contributed by atoms with Crippen molar-refractivity contribution < 1.29 is 14.6 Å². The second-order valence-corrected chi connectivity index (χ2v) is 4.64. The van der Waals surface area contributed by atoms with Crippen molar-refractivity contribution in [3.05, 3.63) is 22.8 Å². The fourth-order valence-corrected chi connectivity index (χ4v) is 2.14. The number of nitrogens with zero attached hydrogens (tertiary/aromatic N) is 1. The minimum Gasteiger partial charge on any atom is -0.496 e. The molecule has 1 aromatic carbocycles. The molecule has 5 nitrogen and oxygen atoms in total. The van der Waals surface area contributed by atoms with Gasteiger partial charge in [-0.25, -0.2) is 0 Å². The van der Waals surface area contributed by atoms with Crippen LogP contribution in [-0.2, 0) is 4.79 Å². The van der Waals surface area contributed by atoms with Gasteiger partial charge in [-0.3, -0.25) is 4.79 Å². The summed E-state index contributed by atoms with van der Waals surface area (Å²) in [6.07, 6.45) is -1.17. The first-order chi connectivity index (χ1) is 8.84. The van der Waals surface area contributed by atoms with Gasteiger partial charge in [0.25, 0.3) is 5.91 Å². The molecule has 1 unspecified atom stereocenters. The summed E-state index contributed by atoms with van der Waals surface area (Å²) < 4.78 is 5.35. The average molecular weight is 266 g/mol. The lowest BCUT2D eigenvalue weighted by Gasteiger charge is -2.24. The molecule has 1 amide bonds. The van der Waals surface area contributed by atoms with Crippen molar-refractivity contribution in [2.75, 3.05) is 25.6 Å². The maximum Gasteiger partial charge on any atom is 0.256 e. The van der Waals surface area contributed by atoms with Gasteiger partial charge < -0.3 is 20.5 Å². The molecule has 1 atom stereocenters.